The zero-order chi connectivity index (χ0) is 9.14. The molecule has 12 heavy (non-hydrogen) atoms. The molecule has 1 rings (SSSR count). The van der Waals surface area contributed by atoms with E-state index < -0.39 is 6.10 Å². The van der Waals surface area contributed by atoms with Crippen molar-refractivity contribution in [3.05, 3.63) is 0 Å². The van der Waals surface area contributed by atoms with E-state index in [1.807, 2.05) is 22.6 Å². The van der Waals surface area contributed by atoms with Crippen LogP contribution in [0.4, 0.5) is 0 Å². The SMILES string of the molecule is COC(=O)C1CC(O)C[N+]1=[C-]I. The number of esters is 1. The molecule has 0 saturated carbocycles. The van der Waals surface area contributed by atoms with Gasteiger partial charge in [-0.1, -0.05) is 0 Å². The summed E-state index contributed by atoms with van der Waals surface area (Å²) in [6, 6.07) is -0.359. The Balaban J connectivity index is 2.70. The van der Waals surface area contributed by atoms with Gasteiger partial charge >= 0.3 is 5.97 Å². The number of aliphatic hydroxyl groups is 1. The van der Waals surface area contributed by atoms with E-state index in [9.17, 15) is 9.90 Å². The van der Waals surface area contributed by atoms with Gasteiger partial charge in [-0.2, -0.15) is 0 Å². The maximum absolute atomic E-state index is 11.1. The predicted molar refractivity (Wildman–Crippen MR) is 50.6 cm³/mol. The first kappa shape index (κ1) is 9.91. The third-order valence-electron chi connectivity index (χ3n) is 1.86. The van der Waals surface area contributed by atoms with Gasteiger partial charge in [-0.05, 0) is 0 Å². The van der Waals surface area contributed by atoms with E-state index >= 15 is 0 Å². The van der Waals surface area contributed by atoms with Crippen LogP contribution in [0.5, 0.6) is 0 Å². The average molecular weight is 283 g/mol. The van der Waals surface area contributed by atoms with E-state index in [0.717, 1.165) is 0 Å². The van der Waals surface area contributed by atoms with E-state index in [2.05, 4.69) is 8.96 Å². The predicted octanol–water partition coefficient (Wildman–Crippen LogP) is -0.355. The number of halogens is 1. The van der Waals surface area contributed by atoms with Crippen LogP contribution < -0.4 is 0 Å². The molecule has 0 aromatic heterocycles. The Morgan fingerprint density at radius 1 is 1.83 bits per heavy atom. The van der Waals surface area contributed by atoms with Gasteiger partial charge in [0.05, 0.1) is 7.11 Å². The number of β-amino-alcohol motifs (C(OH)–C–C–N with tert-alkyl or cyclic N) is 1. The van der Waals surface area contributed by atoms with Gasteiger partial charge in [-0.25, -0.2) is 27.4 Å². The first-order valence-corrected chi connectivity index (χ1v) is 4.65. The molecule has 1 fully saturated rings. The molecule has 0 aliphatic carbocycles. The molecule has 1 saturated heterocycles. The molecule has 1 heterocycles. The molecule has 1 aliphatic heterocycles. The number of nitrogens with zero attached hydrogens (tertiary/aromatic N) is 1. The van der Waals surface area contributed by atoms with Crippen LogP contribution in [0.25, 0.3) is 0 Å². The monoisotopic (exact) mass is 283 g/mol. The third kappa shape index (κ3) is 1.95. The lowest BCUT2D eigenvalue weighted by atomic mass is 10.2. The van der Waals surface area contributed by atoms with Gasteiger partial charge in [0.2, 0.25) is 6.04 Å². The summed E-state index contributed by atoms with van der Waals surface area (Å²) in [5.74, 6) is -0.310. The number of hydrogen-bond donors (Lipinski definition) is 1. The summed E-state index contributed by atoms with van der Waals surface area (Å²) in [6.07, 6.45) is -0.0146. The zero-order valence-electron chi connectivity index (χ0n) is 6.66. The fourth-order valence-electron chi connectivity index (χ4n) is 1.27. The van der Waals surface area contributed by atoms with Gasteiger partial charge < -0.3 is 14.4 Å². The Morgan fingerprint density at radius 3 is 3.00 bits per heavy atom. The number of aliphatic hydroxyl groups excluding tert-OH is 1. The number of carbonyl (C=O) groups excluding carboxylic acids is 1. The normalized spacial score (nSPS) is 32.4. The number of carbonyl (C=O) groups is 1. The van der Waals surface area contributed by atoms with Crippen molar-refractivity contribution in [2.45, 2.75) is 18.6 Å². The van der Waals surface area contributed by atoms with Crippen molar-refractivity contribution in [1.82, 2.24) is 0 Å². The third-order valence-corrected chi connectivity index (χ3v) is 2.48. The minimum Gasteiger partial charge on any atom is -0.464 e. The Bertz CT molecular complexity index is 217. The van der Waals surface area contributed by atoms with Crippen molar-refractivity contribution in [3.8, 4) is 0 Å². The van der Waals surface area contributed by atoms with Crippen molar-refractivity contribution in [2.75, 3.05) is 13.7 Å². The highest BCUT2D eigenvalue weighted by molar-refractivity contribution is 14.1. The molecule has 2 atom stereocenters. The summed E-state index contributed by atoms with van der Waals surface area (Å²) in [5.41, 5.74) is 0. The summed E-state index contributed by atoms with van der Waals surface area (Å²) in [4.78, 5) is 11.1. The molecule has 1 aliphatic rings. The van der Waals surface area contributed by atoms with Crippen molar-refractivity contribution < 1.29 is 19.2 Å². The van der Waals surface area contributed by atoms with Crippen molar-refractivity contribution in [2.24, 2.45) is 0 Å². The molecule has 4 nitrogen and oxygen atoms in total. The Labute approximate surface area is 84.4 Å². The maximum atomic E-state index is 11.1. The summed E-state index contributed by atoms with van der Waals surface area (Å²) >= 11 is 1.92. The van der Waals surface area contributed by atoms with E-state index in [1.54, 1.807) is 4.58 Å². The molecule has 5 heteroatoms. The molecule has 1 N–H and O–H groups in total. The first-order chi connectivity index (χ1) is 5.69. The highest BCUT2D eigenvalue weighted by Crippen LogP contribution is 2.14. The molecule has 0 aromatic carbocycles. The Hall–Kier alpha value is -0.170. The van der Waals surface area contributed by atoms with Crippen LogP contribution >= 0.6 is 22.6 Å². The van der Waals surface area contributed by atoms with Gasteiger partial charge in [0.25, 0.3) is 0 Å². The number of rotatable bonds is 1. The summed E-state index contributed by atoms with van der Waals surface area (Å²) in [7, 11) is 1.35. The zero-order valence-corrected chi connectivity index (χ0v) is 8.82. The standard InChI is InChI=1S/C7H10INO3/c1-12-7(11)6-2-5(10)3-9(6)4-8/h5-6,10H,2-3H2,1H3. The average Bonchev–Trinajstić information content (AvgIpc) is 2.45. The smallest absolute Gasteiger partial charge is 0.372 e. The molecule has 0 radical (unpaired) electrons. The highest BCUT2D eigenvalue weighted by Gasteiger charge is 2.36. The van der Waals surface area contributed by atoms with Gasteiger partial charge in [0.1, 0.15) is 12.6 Å². The van der Waals surface area contributed by atoms with Crippen molar-refractivity contribution >= 4 is 32.8 Å². The summed E-state index contributed by atoms with van der Waals surface area (Å²) < 4.78 is 9.05. The quantitative estimate of drug-likeness (QED) is 0.309. The van der Waals surface area contributed by atoms with Crippen LogP contribution in [0.15, 0.2) is 0 Å². The van der Waals surface area contributed by atoms with Gasteiger partial charge in [-0.15, -0.1) is 4.22 Å². The fraction of sp³-hybridized carbons (Fsp3) is 0.714. The van der Waals surface area contributed by atoms with Crippen LogP contribution in [-0.4, -0.2) is 45.7 Å². The molecule has 0 bridgehead atoms. The van der Waals surface area contributed by atoms with Gasteiger partial charge in [0, 0.05) is 6.42 Å². The second-order valence-corrected chi connectivity index (χ2v) is 3.15. The van der Waals surface area contributed by atoms with Crippen LogP contribution in [-0.2, 0) is 9.53 Å². The van der Waals surface area contributed by atoms with Crippen LogP contribution in [0.2, 0.25) is 0 Å². The van der Waals surface area contributed by atoms with Crippen molar-refractivity contribution in [1.29, 1.82) is 0 Å². The summed E-state index contributed by atoms with van der Waals surface area (Å²) in [6.45, 7) is 0.461. The maximum Gasteiger partial charge on any atom is 0.372 e. The first-order valence-electron chi connectivity index (χ1n) is 3.58. The number of methoxy groups -OCH3 is 1. The molecule has 0 amide bonds. The van der Waals surface area contributed by atoms with E-state index in [4.69, 9.17) is 0 Å². The number of hydrogen-bond acceptors (Lipinski definition) is 3. The fourth-order valence-corrected chi connectivity index (χ4v) is 1.80. The molecular weight excluding hydrogens is 273 g/mol. The topological polar surface area (TPSA) is 49.5 Å². The Kier molecular flexibility index (Phi) is 3.45. The highest BCUT2D eigenvalue weighted by atomic mass is 127. The van der Waals surface area contributed by atoms with Crippen LogP contribution in [0.3, 0.4) is 0 Å². The molecule has 0 aromatic rings. The summed E-state index contributed by atoms with van der Waals surface area (Å²) in [5, 5.41) is 9.25. The van der Waals surface area contributed by atoms with Crippen LogP contribution in [0, 0.1) is 0 Å². The molecule has 0 spiro atoms. The second kappa shape index (κ2) is 4.18. The van der Waals surface area contributed by atoms with E-state index in [-0.39, 0.29) is 12.0 Å². The lowest BCUT2D eigenvalue weighted by Crippen LogP contribution is -2.29. The van der Waals surface area contributed by atoms with Crippen molar-refractivity contribution in [3.63, 3.8) is 0 Å². The van der Waals surface area contributed by atoms with Crippen LogP contribution in [0.1, 0.15) is 6.42 Å². The lowest BCUT2D eigenvalue weighted by Gasteiger charge is -2.09. The van der Waals surface area contributed by atoms with Gasteiger partial charge in [0.15, 0.2) is 0 Å². The molecular formula is C7H10INO3. The largest absolute Gasteiger partial charge is 0.464 e. The Morgan fingerprint density at radius 2 is 2.50 bits per heavy atom. The lowest BCUT2D eigenvalue weighted by molar-refractivity contribution is -0.528. The molecule has 2 unspecified atom stereocenters. The van der Waals surface area contributed by atoms with E-state index in [1.165, 1.54) is 7.11 Å². The minimum atomic E-state index is -0.448. The number of ether oxygens (including phenoxy) is 1. The van der Waals surface area contributed by atoms with E-state index in [0.29, 0.717) is 13.0 Å². The van der Waals surface area contributed by atoms with Gasteiger partial charge in [-0.3, -0.25) is 0 Å². The molecule has 68 valence electrons. The second-order valence-electron chi connectivity index (χ2n) is 2.67. The minimum absolute atomic E-state index is 0.310.